The SMILES string of the molecule is COc1cc(CC(=O)Oc2ccc3c4c2O[C@H]2C(=O)CC[C@@]5(O)[C@@H](C3)N(CC3CC3)CC[C@]425)c2cc(OC)cc(CC(=O)Oc3ccc4c5c3O[C@H]3C(=O)CC[C@@]6(O)[C@@H](C4)N(CC4CC4)CC[C@]536)c2c1. The van der Waals surface area contributed by atoms with Gasteiger partial charge in [0.05, 0.1) is 49.1 Å². The number of rotatable bonds is 12. The minimum Gasteiger partial charge on any atom is -0.497 e. The summed E-state index contributed by atoms with van der Waals surface area (Å²) >= 11 is 0. The predicted molar refractivity (Wildman–Crippen MR) is 252 cm³/mol. The number of methoxy groups -OCH3 is 2. The highest BCUT2D eigenvalue weighted by atomic mass is 16.6. The van der Waals surface area contributed by atoms with Gasteiger partial charge in [-0.15, -0.1) is 0 Å². The molecule has 4 bridgehead atoms. The Morgan fingerprint density at radius 2 is 1.06 bits per heavy atom. The van der Waals surface area contributed by atoms with Gasteiger partial charge in [-0.3, -0.25) is 29.0 Å². The molecule has 6 aliphatic carbocycles. The van der Waals surface area contributed by atoms with Gasteiger partial charge in [0.15, 0.2) is 46.8 Å². The highest BCUT2D eigenvalue weighted by molar-refractivity contribution is 5.97. The average molecular weight is 951 g/mol. The van der Waals surface area contributed by atoms with Crippen molar-refractivity contribution in [2.45, 2.75) is 136 Å². The standard InChI is InChI=1S/C56H58N2O12/c1-65-35-19-33(23-45(61)67-41-9-7-31-21-43-55(63)13-11-39(59)51-53(55,47(31)49(41)69-51)15-17-57(43)27-29-3-4-29)38-26-36(66-2)20-34(37(38)25-35)24-46(62)68-42-10-8-32-22-44-56(64)14-12-40(60)52-54(56,48(32)50(42)70-52)16-18-58(44)28-30-5-6-30/h7-10,19-20,25-26,29-30,43-44,51-52,63-64H,3-6,11-18,21-24,27-28H2,1-2H3/t43-,44-,51+,52+,53+,54+,55-,56-/m1/s1. The number of carbonyl (C=O) groups excluding carboxylic acids is 4. The molecule has 14 nitrogen and oxygen atoms in total. The maximum Gasteiger partial charge on any atom is 0.315 e. The van der Waals surface area contributed by atoms with Crippen LogP contribution in [0.15, 0.2) is 48.5 Å². The Bertz CT molecular complexity index is 2800. The van der Waals surface area contributed by atoms with E-state index in [0.717, 1.165) is 48.4 Å². The van der Waals surface area contributed by atoms with Crippen molar-refractivity contribution in [3.05, 3.63) is 81.9 Å². The lowest BCUT2D eigenvalue weighted by Crippen LogP contribution is -2.76. The Labute approximate surface area is 405 Å². The summed E-state index contributed by atoms with van der Waals surface area (Å²) in [7, 11) is 3.08. The largest absolute Gasteiger partial charge is 0.497 e. The Morgan fingerprint density at radius 1 is 0.629 bits per heavy atom. The fourth-order valence-corrected chi connectivity index (χ4v) is 15.4. The van der Waals surface area contributed by atoms with Crippen LogP contribution in [0.25, 0.3) is 10.8 Å². The fraction of sp³-hybridized carbons (Fsp3) is 0.536. The number of piperidine rings is 2. The van der Waals surface area contributed by atoms with Crippen LogP contribution < -0.4 is 28.4 Å². The Balaban J connectivity index is 0.753. The van der Waals surface area contributed by atoms with Gasteiger partial charge in [0.2, 0.25) is 0 Å². The number of aliphatic hydroxyl groups is 2. The van der Waals surface area contributed by atoms with Crippen LogP contribution in [0.5, 0.6) is 34.5 Å². The number of esters is 2. The number of nitrogens with zero attached hydrogens (tertiary/aromatic N) is 2. The van der Waals surface area contributed by atoms with E-state index in [9.17, 15) is 29.4 Å². The lowest BCUT2D eigenvalue weighted by molar-refractivity contribution is -0.188. The van der Waals surface area contributed by atoms with Crippen LogP contribution in [0, 0.1) is 11.8 Å². The van der Waals surface area contributed by atoms with E-state index >= 15 is 0 Å². The van der Waals surface area contributed by atoms with E-state index < -0.39 is 46.2 Å². The van der Waals surface area contributed by atoms with Gasteiger partial charge >= 0.3 is 11.9 Å². The van der Waals surface area contributed by atoms with Gasteiger partial charge in [-0.1, -0.05) is 12.1 Å². The number of ketones is 2. The summed E-state index contributed by atoms with van der Waals surface area (Å²) < 4.78 is 37.1. The van der Waals surface area contributed by atoms with Crippen molar-refractivity contribution < 1.29 is 57.8 Å². The molecule has 4 saturated carbocycles. The molecule has 10 aliphatic rings. The van der Waals surface area contributed by atoms with Gasteiger partial charge in [-0.05, 0) is 159 Å². The van der Waals surface area contributed by atoms with E-state index in [1.165, 1.54) is 39.9 Å². The molecule has 2 N–H and O–H groups in total. The van der Waals surface area contributed by atoms with Gasteiger partial charge in [-0.2, -0.15) is 0 Å². The number of hydrogen-bond acceptors (Lipinski definition) is 14. The van der Waals surface area contributed by atoms with E-state index in [4.69, 9.17) is 28.4 Å². The van der Waals surface area contributed by atoms with Crippen LogP contribution in [-0.2, 0) is 55.7 Å². The zero-order valence-corrected chi connectivity index (χ0v) is 39.7. The molecule has 364 valence electrons. The second-order valence-corrected chi connectivity index (χ2v) is 22.4. The predicted octanol–water partition coefficient (Wildman–Crippen LogP) is 5.42. The first kappa shape index (κ1) is 43.3. The number of benzene rings is 4. The minimum atomic E-state index is -1.14. The van der Waals surface area contributed by atoms with Crippen molar-refractivity contribution in [3.63, 3.8) is 0 Å². The van der Waals surface area contributed by atoms with Crippen LogP contribution in [-0.4, -0.2) is 119 Å². The fourth-order valence-electron chi connectivity index (χ4n) is 15.4. The number of Topliss-reactive ketones (excluding diaryl/α,β-unsaturated/α-hetero) is 2. The summed E-state index contributed by atoms with van der Waals surface area (Å²) in [5.41, 5.74) is 0.737. The van der Waals surface area contributed by atoms with Crippen molar-refractivity contribution in [2.24, 2.45) is 11.8 Å². The molecule has 2 saturated heterocycles. The van der Waals surface area contributed by atoms with Gasteiger partial charge in [0.25, 0.3) is 0 Å². The molecule has 14 heteroatoms. The normalized spacial score (nSPS) is 33.0. The van der Waals surface area contributed by atoms with Crippen molar-refractivity contribution in [2.75, 3.05) is 40.4 Å². The first-order valence-corrected chi connectivity index (χ1v) is 25.6. The molecule has 0 aromatic heterocycles. The topological polar surface area (TPSA) is 171 Å². The molecule has 4 aliphatic heterocycles. The van der Waals surface area contributed by atoms with Crippen molar-refractivity contribution in [1.29, 1.82) is 0 Å². The molecule has 0 amide bonds. The summed E-state index contributed by atoms with van der Waals surface area (Å²) in [6.07, 6.45) is 6.47. The van der Waals surface area contributed by atoms with Gasteiger partial charge in [0, 0.05) is 49.1 Å². The average Bonchev–Trinajstić information content (AvgIpc) is 4.28. The molecule has 4 aromatic carbocycles. The van der Waals surface area contributed by atoms with Crippen molar-refractivity contribution in [3.8, 4) is 34.5 Å². The Hall–Kier alpha value is -5.54. The van der Waals surface area contributed by atoms with Crippen LogP contribution in [0.4, 0.5) is 0 Å². The summed E-state index contributed by atoms with van der Waals surface area (Å²) in [6, 6.07) is 14.4. The van der Waals surface area contributed by atoms with E-state index in [1.54, 1.807) is 24.3 Å². The number of fused-ring (bicyclic) bond motifs is 1. The van der Waals surface area contributed by atoms with Crippen LogP contribution in [0.3, 0.4) is 0 Å². The highest BCUT2D eigenvalue weighted by Crippen LogP contribution is 2.67. The van der Waals surface area contributed by atoms with Crippen LogP contribution in [0.1, 0.15) is 97.6 Å². The third-order valence-corrected chi connectivity index (χ3v) is 18.9. The minimum absolute atomic E-state index is 0.0312. The zero-order chi connectivity index (χ0) is 47.6. The zero-order valence-electron chi connectivity index (χ0n) is 39.7. The van der Waals surface area contributed by atoms with Crippen LogP contribution >= 0.6 is 0 Å². The molecule has 4 heterocycles. The first-order valence-electron chi connectivity index (χ1n) is 25.6. The molecule has 0 unspecified atom stereocenters. The maximum atomic E-state index is 14.2. The molecular formula is C56H58N2O12. The Kier molecular flexibility index (Phi) is 9.27. The second kappa shape index (κ2) is 15.0. The third-order valence-electron chi connectivity index (χ3n) is 18.9. The number of likely N-dealkylation sites (tertiary alicyclic amines) is 2. The molecule has 70 heavy (non-hydrogen) atoms. The smallest absolute Gasteiger partial charge is 0.315 e. The summed E-state index contributed by atoms with van der Waals surface area (Å²) in [5, 5.41) is 26.8. The lowest BCUT2D eigenvalue weighted by atomic mass is 9.49. The number of hydrogen-bond donors (Lipinski definition) is 2. The van der Waals surface area contributed by atoms with E-state index in [1.807, 2.05) is 24.3 Å². The number of ether oxygens (including phenoxy) is 6. The molecular weight excluding hydrogens is 893 g/mol. The number of carbonyl (C=O) groups is 4. The van der Waals surface area contributed by atoms with E-state index in [-0.39, 0.29) is 60.8 Å². The Morgan fingerprint density at radius 3 is 1.46 bits per heavy atom. The van der Waals surface area contributed by atoms with Gasteiger partial charge in [-0.25, -0.2) is 0 Å². The molecule has 2 spiro atoms. The van der Waals surface area contributed by atoms with Gasteiger partial charge in [0.1, 0.15) is 11.5 Å². The quantitative estimate of drug-likeness (QED) is 0.136. The first-order chi connectivity index (χ1) is 33.8. The summed E-state index contributed by atoms with van der Waals surface area (Å²) in [6.45, 7) is 3.45. The molecule has 14 rings (SSSR count). The molecule has 4 aromatic rings. The summed E-state index contributed by atoms with van der Waals surface area (Å²) in [4.78, 5) is 60.7. The maximum absolute atomic E-state index is 14.2. The van der Waals surface area contributed by atoms with E-state index in [2.05, 4.69) is 9.80 Å². The molecule has 8 atom stereocenters. The highest BCUT2D eigenvalue weighted by Gasteiger charge is 2.75. The second-order valence-electron chi connectivity index (χ2n) is 22.4. The summed E-state index contributed by atoms with van der Waals surface area (Å²) in [5.74, 6) is 2.23. The van der Waals surface area contributed by atoms with Crippen molar-refractivity contribution >= 4 is 34.3 Å². The lowest BCUT2D eigenvalue weighted by Gasteiger charge is -2.62. The molecule has 6 fully saturated rings. The van der Waals surface area contributed by atoms with E-state index in [0.29, 0.717) is 95.3 Å². The van der Waals surface area contributed by atoms with Gasteiger partial charge < -0.3 is 38.6 Å². The monoisotopic (exact) mass is 950 g/mol. The third kappa shape index (κ3) is 5.87. The van der Waals surface area contributed by atoms with Crippen molar-refractivity contribution in [1.82, 2.24) is 9.80 Å². The van der Waals surface area contributed by atoms with Crippen LogP contribution in [0.2, 0.25) is 0 Å². The molecule has 0 radical (unpaired) electrons.